The van der Waals surface area contributed by atoms with Crippen molar-refractivity contribution in [3.8, 4) is 0 Å². The van der Waals surface area contributed by atoms with Gasteiger partial charge in [-0.15, -0.1) is 6.58 Å². The first-order chi connectivity index (χ1) is 11.8. The molecule has 0 aromatic rings. The van der Waals surface area contributed by atoms with Gasteiger partial charge >= 0.3 is 0 Å². The number of hydrogen-bond acceptors (Lipinski definition) is 0. The third kappa shape index (κ3) is 18.1. The lowest BCUT2D eigenvalue weighted by Gasteiger charge is -2.10. The van der Waals surface area contributed by atoms with E-state index in [4.69, 9.17) is 0 Å². The molecule has 0 bridgehead atoms. The molecule has 0 aliphatic heterocycles. The van der Waals surface area contributed by atoms with E-state index in [0.717, 1.165) is 5.92 Å². The predicted molar refractivity (Wildman–Crippen MR) is 113 cm³/mol. The van der Waals surface area contributed by atoms with Crippen LogP contribution in [0, 0.1) is 5.92 Å². The standard InChI is InChI=1S/C24H48/c1-4-7-8-9-10-11-12-13-14-15-16-17-18-19-20-21-23-24(6-3)22-5-2/h6,24H,3-5,7-23H2,1-2H3. The van der Waals surface area contributed by atoms with E-state index in [9.17, 15) is 0 Å². The fourth-order valence-electron chi connectivity index (χ4n) is 3.71. The Bertz CT molecular complexity index is 230. The van der Waals surface area contributed by atoms with Crippen molar-refractivity contribution in [2.75, 3.05) is 0 Å². The molecule has 0 radical (unpaired) electrons. The molecular weight excluding hydrogens is 288 g/mol. The fraction of sp³-hybridized carbons (Fsp3) is 0.917. The minimum atomic E-state index is 0.779. The minimum absolute atomic E-state index is 0.779. The van der Waals surface area contributed by atoms with Gasteiger partial charge < -0.3 is 0 Å². The number of unbranched alkanes of at least 4 members (excludes halogenated alkanes) is 15. The molecule has 0 amide bonds. The molecule has 1 atom stereocenters. The lowest BCUT2D eigenvalue weighted by atomic mass is 9.96. The van der Waals surface area contributed by atoms with Gasteiger partial charge in [-0.3, -0.25) is 0 Å². The molecule has 0 aromatic heterocycles. The zero-order valence-electron chi connectivity index (χ0n) is 17.3. The molecule has 144 valence electrons. The molecule has 0 heteroatoms. The molecule has 1 unspecified atom stereocenters. The second-order valence-corrected chi connectivity index (χ2v) is 7.88. The fourth-order valence-corrected chi connectivity index (χ4v) is 3.71. The Kier molecular flexibility index (Phi) is 20.6. The molecule has 24 heavy (non-hydrogen) atoms. The molecule has 0 rings (SSSR count). The van der Waals surface area contributed by atoms with Gasteiger partial charge in [-0.1, -0.05) is 129 Å². The van der Waals surface area contributed by atoms with Gasteiger partial charge in [0.2, 0.25) is 0 Å². The molecule has 0 saturated heterocycles. The van der Waals surface area contributed by atoms with Crippen LogP contribution in [0.5, 0.6) is 0 Å². The summed E-state index contributed by atoms with van der Waals surface area (Å²) in [5.41, 5.74) is 0. The maximum atomic E-state index is 3.97. The van der Waals surface area contributed by atoms with Crippen LogP contribution in [-0.4, -0.2) is 0 Å². The summed E-state index contributed by atoms with van der Waals surface area (Å²) in [4.78, 5) is 0. The summed E-state index contributed by atoms with van der Waals surface area (Å²) in [5, 5.41) is 0. The predicted octanol–water partition coefficient (Wildman–Crippen LogP) is 9.24. The summed E-state index contributed by atoms with van der Waals surface area (Å²) in [6.45, 7) is 8.55. The van der Waals surface area contributed by atoms with E-state index < -0.39 is 0 Å². The molecule has 0 aliphatic carbocycles. The summed E-state index contributed by atoms with van der Waals surface area (Å²) in [7, 11) is 0. The maximum absolute atomic E-state index is 3.97. The van der Waals surface area contributed by atoms with Crippen LogP contribution in [0.15, 0.2) is 12.7 Å². The molecule has 0 fully saturated rings. The second kappa shape index (κ2) is 20.8. The van der Waals surface area contributed by atoms with Crippen molar-refractivity contribution < 1.29 is 0 Å². The van der Waals surface area contributed by atoms with Crippen LogP contribution in [-0.2, 0) is 0 Å². The number of hydrogen-bond donors (Lipinski definition) is 0. The van der Waals surface area contributed by atoms with Crippen molar-refractivity contribution in [2.45, 2.75) is 136 Å². The molecule has 0 spiro atoms. The Morgan fingerprint density at radius 1 is 0.500 bits per heavy atom. The highest BCUT2D eigenvalue weighted by Gasteiger charge is 2.02. The monoisotopic (exact) mass is 336 g/mol. The molecule has 0 nitrogen and oxygen atoms in total. The largest absolute Gasteiger partial charge is 0.103 e. The van der Waals surface area contributed by atoms with Crippen LogP contribution in [0.3, 0.4) is 0 Å². The van der Waals surface area contributed by atoms with E-state index in [1.54, 1.807) is 0 Å². The van der Waals surface area contributed by atoms with Gasteiger partial charge in [0, 0.05) is 0 Å². The van der Waals surface area contributed by atoms with Gasteiger partial charge in [-0.05, 0) is 18.8 Å². The third-order valence-electron chi connectivity index (χ3n) is 5.42. The van der Waals surface area contributed by atoms with Crippen LogP contribution < -0.4 is 0 Å². The van der Waals surface area contributed by atoms with E-state index in [0.29, 0.717) is 0 Å². The SMILES string of the molecule is C=CC(CCC)CCCCCCCCCCCCCCCCCC. The normalized spacial score (nSPS) is 12.4. The first-order valence-corrected chi connectivity index (χ1v) is 11.5. The van der Waals surface area contributed by atoms with Crippen molar-refractivity contribution in [3.05, 3.63) is 12.7 Å². The Balaban J connectivity index is 3.08. The van der Waals surface area contributed by atoms with E-state index in [2.05, 4.69) is 26.5 Å². The maximum Gasteiger partial charge on any atom is -0.0236 e. The van der Waals surface area contributed by atoms with Crippen molar-refractivity contribution in [1.82, 2.24) is 0 Å². The number of rotatable bonds is 20. The average Bonchev–Trinajstić information content (AvgIpc) is 2.60. The Hall–Kier alpha value is -0.260. The lowest BCUT2D eigenvalue weighted by Crippen LogP contribution is -1.95. The number of allylic oxidation sites excluding steroid dienone is 1. The molecule has 0 heterocycles. The summed E-state index contributed by atoms with van der Waals surface area (Å²) in [5.74, 6) is 0.779. The minimum Gasteiger partial charge on any atom is -0.103 e. The third-order valence-corrected chi connectivity index (χ3v) is 5.42. The smallest absolute Gasteiger partial charge is 0.0236 e. The summed E-state index contributed by atoms with van der Waals surface area (Å²) >= 11 is 0. The lowest BCUT2D eigenvalue weighted by molar-refractivity contribution is 0.484. The molecule has 0 aromatic carbocycles. The summed E-state index contributed by atoms with van der Waals surface area (Å²) in [6.07, 6.45) is 29.5. The van der Waals surface area contributed by atoms with Crippen LogP contribution in [0.2, 0.25) is 0 Å². The zero-order valence-corrected chi connectivity index (χ0v) is 17.3. The molecule has 0 aliphatic rings. The van der Waals surface area contributed by atoms with Gasteiger partial charge in [-0.2, -0.15) is 0 Å². The van der Waals surface area contributed by atoms with Gasteiger partial charge in [0.15, 0.2) is 0 Å². The highest BCUT2D eigenvalue weighted by Crippen LogP contribution is 2.18. The van der Waals surface area contributed by atoms with Crippen LogP contribution in [0.1, 0.15) is 136 Å². The molecule has 0 N–H and O–H groups in total. The van der Waals surface area contributed by atoms with Crippen LogP contribution >= 0.6 is 0 Å². The van der Waals surface area contributed by atoms with Gasteiger partial charge in [0.25, 0.3) is 0 Å². The molecule has 0 saturated carbocycles. The van der Waals surface area contributed by atoms with Crippen LogP contribution in [0.4, 0.5) is 0 Å². The van der Waals surface area contributed by atoms with Crippen molar-refractivity contribution in [2.24, 2.45) is 5.92 Å². The van der Waals surface area contributed by atoms with E-state index >= 15 is 0 Å². The van der Waals surface area contributed by atoms with Crippen molar-refractivity contribution >= 4 is 0 Å². The van der Waals surface area contributed by atoms with Gasteiger partial charge in [-0.25, -0.2) is 0 Å². The summed E-state index contributed by atoms with van der Waals surface area (Å²) in [6, 6.07) is 0. The second-order valence-electron chi connectivity index (χ2n) is 7.88. The van der Waals surface area contributed by atoms with Crippen molar-refractivity contribution in [3.63, 3.8) is 0 Å². The first-order valence-electron chi connectivity index (χ1n) is 11.5. The van der Waals surface area contributed by atoms with Gasteiger partial charge in [0.1, 0.15) is 0 Å². The van der Waals surface area contributed by atoms with Gasteiger partial charge in [0.05, 0.1) is 0 Å². The average molecular weight is 337 g/mol. The highest BCUT2D eigenvalue weighted by atomic mass is 14.1. The Morgan fingerprint density at radius 2 is 0.875 bits per heavy atom. The Morgan fingerprint density at radius 3 is 1.21 bits per heavy atom. The highest BCUT2D eigenvalue weighted by molar-refractivity contribution is 4.78. The van der Waals surface area contributed by atoms with E-state index in [-0.39, 0.29) is 0 Å². The van der Waals surface area contributed by atoms with Crippen LogP contribution in [0.25, 0.3) is 0 Å². The quantitative estimate of drug-likeness (QED) is 0.153. The summed E-state index contributed by atoms with van der Waals surface area (Å²) < 4.78 is 0. The Labute approximate surface area is 154 Å². The zero-order chi connectivity index (χ0) is 17.7. The topological polar surface area (TPSA) is 0 Å². The van der Waals surface area contributed by atoms with E-state index in [1.807, 2.05) is 0 Å². The van der Waals surface area contributed by atoms with E-state index in [1.165, 1.54) is 122 Å². The first kappa shape index (κ1) is 23.7. The molecular formula is C24H48. The van der Waals surface area contributed by atoms with Crippen molar-refractivity contribution in [1.29, 1.82) is 0 Å².